The standard InChI is InChI=1S/C15H21NO3S/c1-10-8-13(11(2)20-10)15(18)19-9-14(17)16-12-6-4-3-5-7-12/h8,12H,3-7,9H2,1-2H3,(H,16,17). The largest absolute Gasteiger partial charge is 0.452 e. The molecule has 0 aliphatic heterocycles. The topological polar surface area (TPSA) is 55.4 Å². The van der Waals surface area contributed by atoms with Crippen LogP contribution < -0.4 is 5.32 Å². The number of carbonyl (C=O) groups excluding carboxylic acids is 2. The molecule has 1 aliphatic carbocycles. The first kappa shape index (κ1) is 15.0. The lowest BCUT2D eigenvalue weighted by atomic mass is 9.95. The predicted octanol–water partition coefficient (Wildman–Crippen LogP) is 2.97. The van der Waals surface area contributed by atoms with E-state index in [-0.39, 0.29) is 18.6 Å². The summed E-state index contributed by atoms with van der Waals surface area (Å²) >= 11 is 1.56. The van der Waals surface area contributed by atoms with Gasteiger partial charge in [0.05, 0.1) is 5.56 Å². The first-order valence-corrected chi connectivity index (χ1v) is 7.91. The van der Waals surface area contributed by atoms with Crippen molar-refractivity contribution < 1.29 is 14.3 Å². The Morgan fingerprint density at radius 1 is 1.30 bits per heavy atom. The van der Waals surface area contributed by atoms with E-state index in [4.69, 9.17) is 4.74 Å². The van der Waals surface area contributed by atoms with Gasteiger partial charge < -0.3 is 10.1 Å². The number of thiophene rings is 1. The molecule has 20 heavy (non-hydrogen) atoms. The Labute approximate surface area is 123 Å². The Kier molecular flexibility index (Phi) is 5.17. The summed E-state index contributed by atoms with van der Waals surface area (Å²) in [4.78, 5) is 25.6. The van der Waals surface area contributed by atoms with Crippen LogP contribution >= 0.6 is 11.3 Å². The van der Waals surface area contributed by atoms with Crippen LogP contribution in [0.15, 0.2) is 6.07 Å². The molecule has 1 amide bonds. The molecule has 0 radical (unpaired) electrons. The highest BCUT2D eigenvalue weighted by molar-refractivity contribution is 7.12. The Morgan fingerprint density at radius 3 is 2.60 bits per heavy atom. The first-order chi connectivity index (χ1) is 9.56. The second-order valence-electron chi connectivity index (χ2n) is 5.31. The summed E-state index contributed by atoms with van der Waals surface area (Å²) in [7, 11) is 0. The van der Waals surface area contributed by atoms with Gasteiger partial charge in [-0.2, -0.15) is 0 Å². The normalized spacial score (nSPS) is 15.9. The summed E-state index contributed by atoms with van der Waals surface area (Å²) in [5.41, 5.74) is 0.568. The van der Waals surface area contributed by atoms with Crippen molar-refractivity contribution >= 4 is 23.2 Å². The van der Waals surface area contributed by atoms with Gasteiger partial charge in [-0.25, -0.2) is 4.79 Å². The van der Waals surface area contributed by atoms with Gasteiger partial charge in [0.15, 0.2) is 6.61 Å². The zero-order chi connectivity index (χ0) is 14.5. The van der Waals surface area contributed by atoms with Crippen molar-refractivity contribution in [3.63, 3.8) is 0 Å². The maximum atomic E-state index is 11.9. The van der Waals surface area contributed by atoms with E-state index in [2.05, 4.69) is 5.32 Å². The van der Waals surface area contributed by atoms with Crippen LogP contribution in [0.25, 0.3) is 0 Å². The molecule has 1 aromatic rings. The third-order valence-corrected chi connectivity index (χ3v) is 4.53. The number of amides is 1. The molecule has 0 unspecified atom stereocenters. The zero-order valence-electron chi connectivity index (χ0n) is 12.0. The van der Waals surface area contributed by atoms with Crippen molar-refractivity contribution in [2.24, 2.45) is 0 Å². The summed E-state index contributed by atoms with van der Waals surface area (Å²) in [6, 6.07) is 2.06. The highest BCUT2D eigenvalue weighted by Crippen LogP contribution is 2.21. The number of esters is 1. The molecule has 5 heteroatoms. The van der Waals surface area contributed by atoms with E-state index in [1.54, 1.807) is 17.4 Å². The predicted molar refractivity (Wildman–Crippen MR) is 79.1 cm³/mol. The van der Waals surface area contributed by atoms with Gasteiger partial charge in [-0.3, -0.25) is 4.79 Å². The second kappa shape index (κ2) is 6.88. The lowest BCUT2D eigenvalue weighted by molar-refractivity contribution is -0.125. The molecule has 0 spiro atoms. The number of aryl methyl sites for hydroxylation is 2. The molecule has 1 fully saturated rings. The number of nitrogens with one attached hydrogen (secondary N) is 1. The van der Waals surface area contributed by atoms with Gasteiger partial charge >= 0.3 is 5.97 Å². The van der Waals surface area contributed by atoms with E-state index in [0.717, 1.165) is 35.4 Å². The SMILES string of the molecule is Cc1cc(C(=O)OCC(=O)NC2CCCCC2)c(C)s1. The average Bonchev–Trinajstić information content (AvgIpc) is 2.76. The Bertz CT molecular complexity index is 489. The van der Waals surface area contributed by atoms with Crippen molar-refractivity contribution in [1.29, 1.82) is 0 Å². The van der Waals surface area contributed by atoms with Crippen molar-refractivity contribution in [3.8, 4) is 0 Å². The molecule has 1 aromatic heterocycles. The van der Waals surface area contributed by atoms with E-state index in [1.165, 1.54) is 6.42 Å². The molecule has 0 aromatic carbocycles. The van der Waals surface area contributed by atoms with E-state index in [9.17, 15) is 9.59 Å². The van der Waals surface area contributed by atoms with E-state index < -0.39 is 5.97 Å². The number of rotatable bonds is 4. The fourth-order valence-electron chi connectivity index (χ4n) is 2.56. The van der Waals surface area contributed by atoms with Gasteiger partial charge in [-0.15, -0.1) is 11.3 Å². The third kappa shape index (κ3) is 4.07. The van der Waals surface area contributed by atoms with Crippen LogP contribution in [-0.4, -0.2) is 24.5 Å². The molecular weight excluding hydrogens is 274 g/mol. The quantitative estimate of drug-likeness (QED) is 0.869. The highest BCUT2D eigenvalue weighted by Gasteiger charge is 2.18. The molecule has 1 heterocycles. The molecule has 0 bridgehead atoms. The van der Waals surface area contributed by atoms with Gasteiger partial charge in [-0.1, -0.05) is 19.3 Å². The van der Waals surface area contributed by atoms with Crippen molar-refractivity contribution in [2.45, 2.75) is 52.0 Å². The summed E-state index contributed by atoms with van der Waals surface area (Å²) < 4.78 is 5.08. The summed E-state index contributed by atoms with van der Waals surface area (Å²) in [5, 5.41) is 2.93. The lowest BCUT2D eigenvalue weighted by Gasteiger charge is -2.22. The van der Waals surface area contributed by atoms with Gasteiger partial charge in [0.1, 0.15) is 0 Å². The maximum absolute atomic E-state index is 11.9. The van der Waals surface area contributed by atoms with E-state index in [1.807, 2.05) is 13.8 Å². The average molecular weight is 295 g/mol. The van der Waals surface area contributed by atoms with Crippen molar-refractivity contribution in [3.05, 3.63) is 21.4 Å². The smallest absolute Gasteiger partial charge is 0.339 e. The number of hydrogen-bond donors (Lipinski definition) is 1. The third-order valence-electron chi connectivity index (χ3n) is 3.57. The van der Waals surface area contributed by atoms with Gasteiger partial charge in [0.2, 0.25) is 0 Å². The first-order valence-electron chi connectivity index (χ1n) is 7.10. The van der Waals surface area contributed by atoms with Crippen LogP contribution in [0.4, 0.5) is 0 Å². The van der Waals surface area contributed by atoms with Crippen molar-refractivity contribution in [2.75, 3.05) is 6.61 Å². The van der Waals surface area contributed by atoms with Crippen LogP contribution in [0.3, 0.4) is 0 Å². The zero-order valence-corrected chi connectivity index (χ0v) is 12.8. The fourth-order valence-corrected chi connectivity index (χ4v) is 3.47. The minimum Gasteiger partial charge on any atom is -0.452 e. The number of ether oxygens (including phenoxy) is 1. The molecule has 4 nitrogen and oxygen atoms in total. The van der Waals surface area contributed by atoms with Crippen LogP contribution in [-0.2, 0) is 9.53 Å². The van der Waals surface area contributed by atoms with Gasteiger partial charge in [0, 0.05) is 15.8 Å². The van der Waals surface area contributed by atoms with E-state index >= 15 is 0 Å². The Morgan fingerprint density at radius 2 is 2.00 bits per heavy atom. The van der Waals surface area contributed by atoms with Crippen LogP contribution in [0.2, 0.25) is 0 Å². The summed E-state index contributed by atoms with van der Waals surface area (Å²) in [6.45, 7) is 3.64. The van der Waals surface area contributed by atoms with Gasteiger partial charge in [-0.05, 0) is 32.8 Å². The molecule has 1 saturated carbocycles. The minimum atomic E-state index is -0.411. The maximum Gasteiger partial charge on any atom is 0.339 e. The number of carbonyl (C=O) groups is 2. The molecule has 0 saturated heterocycles. The van der Waals surface area contributed by atoms with Crippen LogP contribution in [0, 0.1) is 13.8 Å². The molecule has 0 atom stereocenters. The second-order valence-corrected chi connectivity index (χ2v) is 6.77. The lowest BCUT2D eigenvalue weighted by Crippen LogP contribution is -2.38. The molecule has 2 rings (SSSR count). The van der Waals surface area contributed by atoms with E-state index in [0.29, 0.717) is 5.56 Å². The molecule has 110 valence electrons. The minimum absolute atomic E-state index is 0.191. The summed E-state index contributed by atoms with van der Waals surface area (Å²) in [5.74, 6) is -0.611. The fraction of sp³-hybridized carbons (Fsp3) is 0.600. The van der Waals surface area contributed by atoms with Gasteiger partial charge in [0.25, 0.3) is 5.91 Å². The Balaban J connectivity index is 1.78. The Hall–Kier alpha value is -1.36. The van der Waals surface area contributed by atoms with Crippen molar-refractivity contribution in [1.82, 2.24) is 5.32 Å². The molecule has 1 aliphatic rings. The summed E-state index contributed by atoms with van der Waals surface area (Å²) in [6.07, 6.45) is 5.64. The molecule has 1 N–H and O–H groups in total. The monoisotopic (exact) mass is 295 g/mol. The van der Waals surface area contributed by atoms with Crippen LogP contribution in [0.1, 0.15) is 52.2 Å². The number of hydrogen-bond acceptors (Lipinski definition) is 4. The highest BCUT2D eigenvalue weighted by atomic mass is 32.1. The van der Waals surface area contributed by atoms with Crippen LogP contribution in [0.5, 0.6) is 0 Å². The molecular formula is C15H21NO3S.